The van der Waals surface area contributed by atoms with Crippen molar-refractivity contribution in [2.45, 2.75) is 32.2 Å². The second-order valence-electron chi connectivity index (χ2n) is 3.97. The number of hydrogen-bond acceptors (Lipinski definition) is 2. The van der Waals surface area contributed by atoms with Crippen molar-refractivity contribution in [3.05, 3.63) is 29.3 Å². The summed E-state index contributed by atoms with van der Waals surface area (Å²) in [6.45, 7) is 2.16. The molecule has 0 fully saturated rings. The van der Waals surface area contributed by atoms with Crippen LogP contribution in [0, 0.1) is 0 Å². The zero-order chi connectivity index (χ0) is 10.8. The first kappa shape index (κ1) is 10.0. The van der Waals surface area contributed by atoms with E-state index in [1.165, 1.54) is 0 Å². The maximum absolute atomic E-state index is 10.8. The van der Waals surface area contributed by atoms with Crippen LogP contribution in [0.2, 0.25) is 0 Å². The Bertz CT molecular complexity index is 387. The average molecular weight is 205 g/mol. The van der Waals surface area contributed by atoms with Gasteiger partial charge in [0.25, 0.3) is 0 Å². The molecule has 1 aliphatic rings. The smallest absolute Gasteiger partial charge is 0.335 e. The maximum Gasteiger partial charge on any atom is 0.335 e. The Morgan fingerprint density at radius 3 is 3.07 bits per heavy atom. The fourth-order valence-electron chi connectivity index (χ4n) is 2.00. The van der Waals surface area contributed by atoms with Crippen molar-refractivity contribution in [2.24, 2.45) is 0 Å². The van der Waals surface area contributed by atoms with Gasteiger partial charge in [0.15, 0.2) is 0 Å². The van der Waals surface area contributed by atoms with Gasteiger partial charge >= 0.3 is 5.97 Å². The first-order chi connectivity index (χ1) is 7.20. The molecule has 15 heavy (non-hydrogen) atoms. The lowest BCUT2D eigenvalue weighted by molar-refractivity contribution is 0.0697. The maximum atomic E-state index is 10.8. The number of benzene rings is 1. The number of carboxylic acid groups (broad SMARTS) is 1. The van der Waals surface area contributed by atoms with E-state index in [9.17, 15) is 4.79 Å². The van der Waals surface area contributed by atoms with Crippen LogP contribution >= 0.6 is 0 Å². The zero-order valence-corrected chi connectivity index (χ0v) is 8.79. The molecule has 1 heterocycles. The summed E-state index contributed by atoms with van der Waals surface area (Å²) in [5, 5.41) is 12.3. The largest absolute Gasteiger partial charge is 0.478 e. The van der Waals surface area contributed by atoms with E-state index in [0.717, 1.165) is 30.5 Å². The molecule has 2 N–H and O–H groups in total. The monoisotopic (exact) mass is 205 g/mol. The molecule has 0 radical (unpaired) electrons. The van der Waals surface area contributed by atoms with Gasteiger partial charge in [-0.3, -0.25) is 0 Å². The third kappa shape index (κ3) is 1.96. The van der Waals surface area contributed by atoms with Gasteiger partial charge in [-0.25, -0.2) is 4.79 Å². The van der Waals surface area contributed by atoms with Crippen LogP contribution in [-0.2, 0) is 6.42 Å². The van der Waals surface area contributed by atoms with Crippen molar-refractivity contribution in [2.75, 3.05) is 5.32 Å². The highest BCUT2D eigenvalue weighted by molar-refractivity contribution is 5.88. The van der Waals surface area contributed by atoms with E-state index in [-0.39, 0.29) is 0 Å². The summed E-state index contributed by atoms with van der Waals surface area (Å²) in [4.78, 5) is 10.8. The van der Waals surface area contributed by atoms with Crippen LogP contribution < -0.4 is 5.32 Å². The summed E-state index contributed by atoms with van der Waals surface area (Å²) in [7, 11) is 0. The molecule has 0 spiro atoms. The highest BCUT2D eigenvalue weighted by Gasteiger charge is 2.17. The molecule has 1 atom stereocenters. The summed E-state index contributed by atoms with van der Waals surface area (Å²) < 4.78 is 0. The lowest BCUT2D eigenvalue weighted by atomic mass is 9.95. The zero-order valence-electron chi connectivity index (χ0n) is 8.79. The highest BCUT2D eigenvalue weighted by Crippen LogP contribution is 2.26. The Hall–Kier alpha value is -1.51. The molecule has 1 unspecified atom stereocenters. The molecular weight excluding hydrogens is 190 g/mol. The first-order valence-corrected chi connectivity index (χ1v) is 5.33. The summed E-state index contributed by atoms with van der Waals surface area (Å²) in [6, 6.07) is 5.84. The van der Waals surface area contributed by atoms with Gasteiger partial charge in [0.2, 0.25) is 0 Å². The molecule has 3 heteroatoms. The number of hydrogen-bond donors (Lipinski definition) is 2. The number of rotatable bonds is 2. The number of fused-ring (bicyclic) bond motifs is 1. The minimum atomic E-state index is -0.851. The van der Waals surface area contributed by atoms with Crippen molar-refractivity contribution in [3.63, 3.8) is 0 Å². The van der Waals surface area contributed by atoms with Crippen molar-refractivity contribution in [1.82, 2.24) is 0 Å². The van der Waals surface area contributed by atoms with Crippen LogP contribution in [0.25, 0.3) is 0 Å². The Kier molecular flexibility index (Phi) is 2.62. The van der Waals surface area contributed by atoms with Gasteiger partial charge in [-0.2, -0.15) is 0 Å². The van der Waals surface area contributed by atoms with Crippen LogP contribution in [-0.4, -0.2) is 17.1 Å². The Labute approximate surface area is 89.1 Å². The van der Waals surface area contributed by atoms with Crippen molar-refractivity contribution in [1.29, 1.82) is 0 Å². The summed E-state index contributed by atoms with van der Waals surface area (Å²) in [5.74, 6) is -0.851. The van der Waals surface area contributed by atoms with E-state index in [0.29, 0.717) is 11.6 Å². The Balaban J connectivity index is 2.28. The van der Waals surface area contributed by atoms with Gasteiger partial charge < -0.3 is 10.4 Å². The topological polar surface area (TPSA) is 49.3 Å². The Morgan fingerprint density at radius 2 is 2.40 bits per heavy atom. The Morgan fingerprint density at radius 1 is 1.60 bits per heavy atom. The molecule has 0 saturated carbocycles. The molecule has 2 rings (SSSR count). The molecule has 0 aromatic heterocycles. The number of carbonyl (C=O) groups is 1. The molecule has 1 aromatic rings. The van der Waals surface area contributed by atoms with Gasteiger partial charge in [0.1, 0.15) is 0 Å². The molecule has 3 nitrogen and oxygen atoms in total. The minimum Gasteiger partial charge on any atom is -0.478 e. The summed E-state index contributed by atoms with van der Waals surface area (Å²) in [5.41, 5.74) is 2.60. The van der Waals surface area contributed by atoms with E-state index in [2.05, 4.69) is 12.2 Å². The van der Waals surface area contributed by atoms with E-state index in [1.54, 1.807) is 12.1 Å². The second-order valence-corrected chi connectivity index (χ2v) is 3.97. The minimum absolute atomic E-state index is 0.380. The predicted octanol–water partition coefficient (Wildman–Crippen LogP) is 2.52. The quantitative estimate of drug-likeness (QED) is 0.780. The third-order valence-electron chi connectivity index (χ3n) is 2.97. The standard InChI is InChI=1S/C12H15NO2/c1-2-10-5-3-8-7-9(12(14)15)4-6-11(8)13-10/h4,6-7,10,13H,2-3,5H2,1H3,(H,14,15). The van der Waals surface area contributed by atoms with Crippen LogP contribution in [0.3, 0.4) is 0 Å². The molecule has 1 aliphatic heterocycles. The molecule has 0 bridgehead atoms. The molecule has 0 amide bonds. The van der Waals surface area contributed by atoms with Crippen LogP contribution in [0.5, 0.6) is 0 Å². The van der Waals surface area contributed by atoms with Gasteiger partial charge in [0.05, 0.1) is 5.56 Å². The van der Waals surface area contributed by atoms with E-state index in [4.69, 9.17) is 5.11 Å². The molecule has 0 saturated heterocycles. The number of nitrogens with one attached hydrogen (secondary N) is 1. The van der Waals surface area contributed by atoms with Gasteiger partial charge in [-0.1, -0.05) is 6.92 Å². The number of aromatic carboxylic acids is 1. The fourth-order valence-corrected chi connectivity index (χ4v) is 2.00. The predicted molar refractivity (Wildman–Crippen MR) is 59.4 cm³/mol. The van der Waals surface area contributed by atoms with E-state index >= 15 is 0 Å². The lowest BCUT2D eigenvalue weighted by Crippen LogP contribution is -2.24. The van der Waals surface area contributed by atoms with E-state index in [1.807, 2.05) is 6.07 Å². The summed E-state index contributed by atoms with van der Waals surface area (Å²) >= 11 is 0. The third-order valence-corrected chi connectivity index (χ3v) is 2.97. The van der Waals surface area contributed by atoms with Crippen LogP contribution in [0.4, 0.5) is 5.69 Å². The van der Waals surface area contributed by atoms with Gasteiger partial charge in [-0.05, 0) is 43.0 Å². The number of aryl methyl sites for hydroxylation is 1. The van der Waals surface area contributed by atoms with Crippen LogP contribution in [0.15, 0.2) is 18.2 Å². The van der Waals surface area contributed by atoms with Gasteiger partial charge in [0, 0.05) is 11.7 Å². The molecule has 0 aliphatic carbocycles. The summed E-state index contributed by atoms with van der Waals surface area (Å²) in [6.07, 6.45) is 3.18. The fraction of sp³-hybridized carbons (Fsp3) is 0.417. The first-order valence-electron chi connectivity index (χ1n) is 5.33. The van der Waals surface area contributed by atoms with Gasteiger partial charge in [-0.15, -0.1) is 0 Å². The molecule has 80 valence electrons. The van der Waals surface area contributed by atoms with Crippen molar-refractivity contribution < 1.29 is 9.90 Å². The lowest BCUT2D eigenvalue weighted by Gasteiger charge is -2.26. The normalized spacial score (nSPS) is 19.1. The van der Waals surface area contributed by atoms with Crippen molar-refractivity contribution in [3.8, 4) is 0 Å². The second kappa shape index (κ2) is 3.93. The van der Waals surface area contributed by atoms with Crippen LogP contribution in [0.1, 0.15) is 35.7 Å². The number of anilines is 1. The molecular formula is C12H15NO2. The van der Waals surface area contributed by atoms with Crippen molar-refractivity contribution >= 4 is 11.7 Å². The van der Waals surface area contributed by atoms with E-state index < -0.39 is 5.97 Å². The SMILES string of the molecule is CCC1CCc2cc(C(=O)O)ccc2N1. The average Bonchev–Trinajstić information content (AvgIpc) is 2.27. The number of carboxylic acids is 1. The molecule has 1 aromatic carbocycles. The highest BCUT2D eigenvalue weighted by atomic mass is 16.4.